The van der Waals surface area contributed by atoms with Crippen LogP contribution in [0.4, 0.5) is 10.4 Å². The predicted octanol–water partition coefficient (Wildman–Crippen LogP) is 2.40. The van der Waals surface area contributed by atoms with Gasteiger partial charge in [-0.2, -0.15) is 0 Å². The molecule has 0 unspecified atom stereocenters. The summed E-state index contributed by atoms with van der Waals surface area (Å²) in [7, 11) is 2.18. The van der Waals surface area contributed by atoms with Crippen molar-refractivity contribution in [1.82, 2.24) is 20.0 Å². The molecule has 4 rings (SSSR count). The molecule has 0 bridgehead atoms. The molecule has 0 radical (unpaired) electrons. The van der Waals surface area contributed by atoms with E-state index >= 15 is 0 Å². The van der Waals surface area contributed by atoms with Crippen LogP contribution in [-0.2, 0) is 0 Å². The van der Waals surface area contributed by atoms with Crippen LogP contribution in [0, 0.1) is 12.7 Å². The fourth-order valence-corrected chi connectivity index (χ4v) is 3.86. The molecular weight excluding hydrogens is 333 g/mol. The van der Waals surface area contributed by atoms with E-state index in [9.17, 15) is 4.39 Å². The van der Waals surface area contributed by atoms with Gasteiger partial charge in [0.1, 0.15) is 5.82 Å². The zero-order valence-electron chi connectivity index (χ0n) is 15.5. The van der Waals surface area contributed by atoms with Crippen molar-refractivity contribution >= 4 is 6.01 Å². The normalized spacial score (nSPS) is 20.7. The Morgan fingerprint density at radius 2 is 1.77 bits per heavy atom. The Kier molecular flexibility index (Phi) is 4.91. The van der Waals surface area contributed by atoms with E-state index in [4.69, 9.17) is 4.42 Å². The summed E-state index contributed by atoms with van der Waals surface area (Å²) >= 11 is 0. The number of halogens is 1. The number of aryl methyl sites for hydroxylation is 1. The zero-order valence-corrected chi connectivity index (χ0v) is 15.5. The van der Waals surface area contributed by atoms with Crippen molar-refractivity contribution in [1.29, 1.82) is 0 Å². The third-order valence-corrected chi connectivity index (χ3v) is 5.56. The Morgan fingerprint density at radius 1 is 1.04 bits per heavy atom. The van der Waals surface area contributed by atoms with Crippen LogP contribution in [0.15, 0.2) is 22.6 Å². The van der Waals surface area contributed by atoms with Crippen molar-refractivity contribution in [2.45, 2.75) is 25.8 Å². The lowest BCUT2D eigenvalue weighted by Crippen LogP contribution is -2.52. The molecule has 0 N–H and O–H groups in total. The van der Waals surface area contributed by atoms with Gasteiger partial charge in [0.25, 0.3) is 5.89 Å². The van der Waals surface area contributed by atoms with Crippen LogP contribution >= 0.6 is 0 Å². The van der Waals surface area contributed by atoms with Gasteiger partial charge in [0.05, 0.1) is 5.56 Å². The molecule has 0 spiro atoms. The number of aromatic nitrogens is 2. The quantitative estimate of drug-likeness (QED) is 0.839. The Bertz CT molecular complexity index is 748. The van der Waals surface area contributed by atoms with Crippen LogP contribution in [0.1, 0.15) is 18.4 Å². The Balaban J connectivity index is 1.38. The minimum Gasteiger partial charge on any atom is -0.403 e. The maximum absolute atomic E-state index is 14.1. The largest absolute Gasteiger partial charge is 0.403 e. The van der Waals surface area contributed by atoms with Crippen LogP contribution < -0.4 is 4.90 Å². The lowest BCUT2D eigenvalue weighted by molar-refractivity contribution is 0.0976. The number of likely N-dealkylation sites (N-methyl/N-ethyl adjacent to an activating group) is 1. The highest BCUT2D eigenvalue weighted by Gasteiger charge is 2.28. The van der Waals surface area contributed by atoms with Gasteiger partial charge in [-0.1, -0.05) is 11.2 Å². The monoisotopic (exact) mass is 359 g/mol. The van der Waals surface area contributed by atoms with Gasteiger partial charge < -0.3 is 14.2 Å². The van der Waals surface area contributed by atoms with Crippen LogP contribution in [0.2, 0.25) is 0 Å². The van der Waals surface area contributed by atoms with Gasteiger partial charge >= 0.3 is 6.01 Å². The number of rotatable bonds is 3. The summed E-state index contributed by atoms with van der Waals surface area (Å²) in [4.78, 5) is 7.11. The highest BCUT2D eigenvalue weighted by atomic mass is 19.1. The van der Waals surface area contributed by atoms with E-state index in [1.807, 2.05) is 13.0 Å². The van der Waals surface area contributed by atoms with Crippen molar-refractivity contribution in [2.24, 2.45) is 0 Å². The Hall–Kier alpha value is -1.99. The molecule has 26 heavy (non-hydrogen) atoms. The van der Waals surface area contributed by atoms with Gasteiger partial charge in [0, 0.05) is 45.3 Å². The average Bonchev–Trinajstić information content (AvgIpc) is 3.12. The molecule has 0 saturated carbocycles. The number of piperazine rings is 1. The van der Waals surface area contributed by atoms with Gasteiger partial charge in [-0.25, -0.2) is 4.39 Å². The second-order valence-corrected chi connectivity index (χ2v) is 7.43. The first-order valence-corrected chi connectivity index (χ1v) is 9.38. The summed E-state index contributed by atoms with van der Waals surface area (Å²) in [5.74, 6) is -0.0762. The third kappa shape index (κ3) is 3.59. The molecule has 1 aromatic carbocycles. The molecule has 0 atom stereocenters. The highest BCUT2D eigenvalue weighted by Crippen LogP contribution is 2.27. The smallest absolute Gasteiger partial charge is 0.318 e. The molecular formula is C19H26FN5O. The van der Waals surface area contributed by atoms with Crippen molar-refractivity contribution in [2.75, 3.05) is 51.2 Å². The third-order valence-electron chi connectivity index (χ3n) is 5.56. The molecule has 0 amide bonds. The molecule has 2 aliphatic rings. The molecule has 2 aromatic rings. The molecule has 7 heteroatoms. The van der Waals surface area contributed by atoms with Crippen LogP contribution in [0.3, 0.4) is 0 Å². The van der Waals surface area contributed by atoms with Gasteiger partial charge in [0.15, 0.2) is 0 Å². The zero-order chi connectivity index (χ0) is 18.1. The standard InChI is InChI=1S/C19H26FN5O/c1-14-3-4-16(17(20)13-14)18-21-22-19(26-18)25-7-5-15(6-8-25)24-11-9-23(2)10-12-24/h3-4,13,15H,5-12H2,1-2H3. The molecule has 2 fully saturated rings. The van der Waals surface area contributed by atoms with Crippen molar-refractivity contribution in [3.63, 3.8) is 0 Å². The summed E-state index contributed by atoms with van der Waals surface area (Å²) < 4.78 is 19.9. The van der Waals surface area contributed by atoms with Crippen LogP contribution in [0.25, 0.3) is 11.5 Å². The molecule has 0 aliphatic carbocycles. The van der Waals surface area contributed by atoms with Gasteiger partial charge in [0.2, 0.25) is 0 Å². The fraction of sp³-hybridized carbons (Fsp3) is 0.579. The SMILES string of the molecule is Cc1ccc(-c2nnc(N3CCC(N4CCN(C)CC4)CC3)o2)c(F)c1. The van der Waals surface area contributed by atoms with Crippen LogP contribution in [0.5, 0.6) is 0 Å². The minimum absolute atomic E-state index is 0.249. The second kappa shape index (κ2) is 7.32. The van der Waals surface area contributed by atoms with E-state index in [0.29, 0.717) is 17.6 Å². The maximum atomic E-state index is 14.1. The van der Waals surface area contributed by atoms with Gasteiger partial charge in [-0.05, 0) is 44.5 Å². The number of piperidine rings is 1. The number of hydrogen-bond acceptors (Lipinski definition) is 6. The fourth-order valence-electron chi connectivity index (χ4n) is 3.86. The van der Waals surface area contributed by atoms with Gasteiger partial charge in [-0.15, -0.1) is 5.10 Å². The summed E-state index contributed by atoms with van der Waals surface area (Å²) in [6.07, 6.45) is 2.20. The Morgan fingerprint density at radius 3 is 2.46 bits per heavy atom. The number of benzene rings is 1. The van der Waals surface area contributed by atoms with Crippen molar-refractivity contribution in [3.05, 3.63) is 29.6 Å². The van der Waals surface area contributed by atoms with Gasteiger partial charge in [-0.3, -0.25) is 4.90 Å². The van der Waals surface area contributed by atoms with E-state index in [-0.39, 0.29) is 11.7 Å². The molecule has 2 aliphatic heterocycles. The summed E-state index contributed by atoms with van der Waals surface area (Å²) in [6, 6.07) is 6.17. The highest BCUT2D eigenvalue weighted by molar-refractivity contribution is 5.55. The first kappa shape index (κ1) is 17.4. The first-order chi connectivity index (χ1) is 12.6. The second-order valence-electron chi connectivity index (χ2n) is 7.43. The Labute approximate surface area is 153 Å². The van der Waals surface area contributed by atoms with Crippen LogP contribution in [-0.4, -0.2) is 72.4 Å². The number of hydrogen-bond donors (Lipinski definition) is 0. The number of anilines is 1. The van der Waals surface area contributed by atoms with E-state index in [2.05, 4.69) is 31.9 Å². The molecule has 6 nitrogen and oxygen atoms in total. The lowest BCUT2D eigenvalue weighted by Gasteiger charge is -2.41. The molecule has 1 aromatic heterocycles. The lowest BCUT2D eigenvalue weighted by atomic mass is 10.0. The molecule has 140 valence electrons. The van der Waals surface area contributed by atoms with Crippen molar-refractivity contribution < 1.29 is 8.81 Å². The molecule has 3 heterocycles. The van der Waals surface area contributed by atoms with E-state index in [0.717, 1.165) is 57.7 Å². The minimum atomic E-state index is -0.325. The topological polar surface area (TPSA) is 48.6 Å². The summed E-state index contributed by atoms with van der Waals surface area (Å²) in [5, 5.41) is 8.20. The predicted molar refractivity (Wildman–Crippen MR) is 98.7 cm³/mol. The average molecular weight is 359 g/mol. The summed E-state index contributed by atoms with van der Waals surface area (Å²) in [6.45, 7) is 8.25. The summed E-state index contributed by atoms with van der Waals surface area (Å²) in [5.41, 5.74) is 1.23. The molecule has 2 saturated heterocycles. The van der Waals surface area contributed by atoms with Crippen molar-refractivity contribution in [3.8, 4) is 11.5 Å². The van der Waals surface area contributed by atoms with E-state index in [1.165, 1.54) is 6.07 Å². The number of nitrogens with zero attached hydrogens (tertiary/aromatic N) is 5. The first-order valence-electron chi connectivity index (χ1n) is 9.38. The van der Waals surface area contributed by atoms with E-state index < -0.39 is 0 Å². The maximum Gasteiger partial charge on any atom is 0.318 e. The van der Waals surface area contributed by atoms with E-state index in [1.54, 1.807) is 6.07 Å².